The van der Waals surface area contributed by atoms with Gasteiger partial charge in [0.1, 0.15) is 5.01 Å². The fourth-order valence-electron chi connectivity index (χ4n) is 2.76. The number of carbonyl (C=O) groups excluding carboxylic acids is 2. The van der Waals surface area contributed by atoms with E-state index in [4.69, 9.17) is 33.2 Å². The third-order valence-electron chi connectivity index (χ3n) is 4.31. The highest BCUT2D eigenvalue weighted by atomic mass is 35.5. The van der Waals surface area contributed by atoms with Crippen LogP contribution in [0.4, 0.5) is 5.69 Å². The smallest absolute Gasteiger partial charge is 0.358 e. The number of ether oxygens (including phenoxy) is 1. The number of esters is 1. The third kappa shape index (κ3) is 5.82. The Balaban J connectivity index is 1.68. The van der Waals surface area contributed by atoms with Crippen LogP contribution in [0.5, 0.6) is 0 Å². The fraction of sp³-hybridized carbons (Fsp3) is 0.182. The number of aryl methyl sites for hydroxylation is 1. The molecule has 31 heavy (non-hydrogen) atoms. The molecule has 0 saturated carbocycles. The summed E-state index contributed by atoms with van der Waals surface area (Å²) >= 11 is 13.3. The van der Waals surface area contributed by atoms with Crippen molar-refractivity contribution in [1.82, 2.24) is 4.98 Å². The molecule has 3 aromatic rings. The number of hydrogen-bond donors (Lipinski definition) is 0. The summed E-state index contributed by atoms with van der Waals surface area (Å²) in [5.74, 6) is -1.15. The molecule has 0 fully saturated rings. The molecule has 3 rings (SSSR count). The molecule has 0 radical (unpaired) electrons. The zero-order chi connectivity index (χ0) is 22.4. The van der Waals surface area contributed by atoms with Crippen LogP contribution in [0.2, 0.25) is 10.0 Å². The summed E-state index contributed by atoms with van der Waals surface area (Å²) in [4.78, 5) is 30.8. The summed E-state index contributed by atoms with van der Waals surface area (Å²) in [6.45, 7) is 1.51. The van der Waals surface area contributed by atoms with Gasteiger partial charge in [-0.15, -0.1) is 11.3 Å². The van der Waals surface area contributed by atoms with Crippen molar-refractivity contribution in [2.24, 2.45) is 0 Å². The molecule has 0 aliphatic carbocycles. The van der Waals surface area contributed by atoms with Gasteiger partial charge < -0.3 is 9.64 Å². The molecular formula is C22H17Cl2N3O3S. The minimum absolute atomic E-state index is 0.110. The summed E-state index contributed by atoms with van der Waals surface area (Å²) < 4.78 is 5.18. The van der Waals surface area contributed by atoms with E-state index in [-0.39, 0.29) is 18.7 Å². The molecule has 0 unspecified atom stereocenters. The van der Waals surface area contributed by atoms with E-state index >= 15 is 0 Å². The first-order chi connectivity index (χ1) is 14.9. The van der Waals surface area contributed by atoms with E-state index in [0.29, 0.717) is 20.7 Å². The summed E-state index contributed by atoms with van der Waals surface area (Å²) in [5, 5.41) is 12.2. The van der Waals surface area contributed by atoms with Crippen molar-refractivity contribution in [3.63, 3.8) is 0 Å². The zero-order valence-electron chi connectivity index (χ0n) is 16.5. The summed E-state index contributed by atoms with van der Waals surface area (Å²) in [7, 11) is 0. The van der Waals surface area contributed by atoms with Crippen LogP contribution in [0.15, 0.2) is 47.8 Å². The van der Waals surface area contributed by atoms with Crippen molar-refractivity contribution >= 4 is 52.1 Å². The van der Waals surface area contributed by atoms with Gasteiger partial charge in [0.15, 0.2) is 12.3 Å². The minimum atomic E-state index is -0.703. The number of aromatic nitrogens is 1. The first kappa shape index (κ1) is 22.8. The molecule has 2 aromatic carbocycles. The Labute approximate surface area is 193 Å². The van der Waals surface area contributed by atoms with Crippen molar-refractivity contribution in [1.29, 1.82) is 5.26 Å². The predicted molar refractivity (Wildman–Crippen MR) is 122 cm³/mol. The molecule has 0 aliphatic heterocycles. The van der Waals surface area contributed by atoms with E-state index in [1.165, 1.54) is 16.2 Å². The number of nitriles is 1. The quantitative estimate of drug-likeness (QED) is 0.421. The van der Waals surface area contributed by atoms with Crippen LogP contribution in [0.25, 0.3) is 10.6 Å². The molecule has 1 amide bonds. The normalized spacial score (nSPS) is 10.4. The molecule has 0 aliphatic rings. The van der Waals surface area contributed by atoms with Crippen molar-refractivity contribution in [2.75, 3.05) is 18.1 Å². The Morgan fingerprint density at radius 1 is 1.23 bits per heavy atom. The molecule has 0 saturated heterocycles. The highest BCUT2D eigenvalue weighted by Crippen LogP contribution is 2.26. The van der Waals surface area contributed by atoms with E-state index in [1.54, 1.807) is 41.8 Å². The van der Waals surface area contributed by atoms with Gasteiger partial charge in [0.05, 0.1) is 12.5 Å². The molecule has 1 aromatic heterocycles. The molecule has 9 heteroatoms. The maximum absolute atomic E-state index is 12.7. The highest BCUT2D eigenvalue weighted by molar-refractivity contribution is 7.13. The number of nitrogens with zero attached hydrogens (tertiary/aromatic N) is 3. The predicted octanol–water partition coefficient (Wildman–Crippen LogP) is 5.53. The standard InChI is InChI=1S/C22H17Cl2N3O3S/c1-14-10-17(6-7-18(14)24)27(9-3-8-25)20(28)12-30-22(29)19-13-31-21(26-19)15-4-2-5-16(23)11-15/h2,4-7,10-11,13H,3,9,12H2,1H3. The molecule has 0 spiro atoms. The maximum Gasteiger partial charge on any atom is 0.358 e. The molecule has 0 bridgehead atoms. The van der Waals surface area contributed by atoms with Gasteiger partial charge in [-0.25, -0.2) is 9.78 Å². The van der Waals surface area contributed by atoms with E-state index in [0.717, 1.165) is 11.1 Å². The van der Waals surface area contributed by atoms with Crippen molar-refractivity contribution in [3.05, 3.63) is 69.1 Å². The van der Waals surface area contributed by atoms with Gasteiger partial charge in [-0.3, -0.25) is 4.79 Å². The van der Waals surface area contributed by atoms with Crippen LogP contribution in [0.1, 0.15) is 22.5 Å². The van der Waals surface area contributed by atoms with Crippen LogP contribution < -0.4 is 4.90 Å². The summed E-state index contributed by atoms with van der Waals surface area (Å²) in [5.41, 5.74) is 2.27. The van der Waals surface area contributed by atoms with Gasteiger partial charge in [-0.05, 0) is 42.8 Å². The SMILES string of the molecule is Cc1cc(N(CCC#N)C(=O)COC(=O)c2csc(-c3cccc(Cl)c3)n2)ccc1Cl. The van der Waals surface area contributed by atoms with Gasteiger partial charge in [-0.2, -0.15) is 5.26 Å². The average molecular weight is 474 g/mol. The maximum atomic E-state index is 12.7. The first-order valence-corrected chi connectivity index (χ1v) is 10.8. The fourth-order valence-corrected chi connectivity index (χ4v) is 3.85. The average Bonchev–Trinajstić information content (AvgIpc) is 3.25. The van der Waals surface area contributed by atoms with Crippen LogP contribution >= 0.6 is 34.5 Å². The first-order valence-electron chi connectivity index (χ1n) is 9.21. The zero-order valence-corrected chi connectivity index (χ0v) is 18.8. The lowest BCUT2D eigenvalue weighted by Crippen LogP contribution is -2.35. The number of halogens is 2. The van der Waals surface area contributed by atoms with E-state index < -0.39 is 18.5 Å². The van der Waals surface area contributed by atoms with Crippen LogP contribution in [-0.2, 0) is 9.53 Å². The van der Waals surface area contributed by atoms with Crippen molar-refractivity contribution < 1.29 is 14.3 Å². The number of thiazole rings is 1. The molecule has 0 N–H and O–H groups in total. The monoisotopic (exact) mass is 473 g/mol. The van der Waals surface area contributed by atoms with Crippen molar-refractivity contribution in [2.45, 2.75) is 13.3 Å². The molecule has 0 atom stereocenters. The number of hydrogen-bond acceptors (Lipinski definition) is 6. The van der Waals surface area contributed by atoms with Crippen LogP contribution in [0, 0.1) is 18.3 Å². The van der Waals surface area contributed by atoms with Crippen molar-refractivity contribution in [3.8, 4) is 16.6 Å². The Kier molecular flexibility index (Phi) is 7.64. The van der Waals surface area contributed by atoms with Gasteiger partial charge >= 0.3 is 5.97 Å². The number of anilines is 1. The lowest BCUT2D eigenvalue weighted by atomic mass is 10.2. The number of rotatable bonds is 7. The topological polar surface area (TPSA) is 83.3 Å². The minimum Gasteiger partial charge on any atom is -0.451 e. The second-order valence-electron chi connectivity index (χ2n) is 6.51. The Hall–Kier alpha value is -2.92. The second-order valence-corrected chi connectivity index (χ2v) is 8.21. The van der Waals surface area contributed by atoms with Gasteiger partial charge in [0.25, 0.3) is 5.91 Å². The lowest BCUT2D eigenvalue weighted by Gasteiger charge is -2.22. The number of carbonyl (C=O) groups is 2. The van der Waals surface area contributed by atoms with Crippen LogP contribution in [-0.4, -0.2) is 30.0 Å². The van der Waals surface area contributed by atoms with Gasteiger partial charge in [0, 0.05) is 33.2 Å². The van der Waals surface area contributed by atoms with Crippen LogP contribution in [0.3, 0.4) is 0 Å². The van der Waals surface area contributed by atoms with Gasteiger partial charge in [-0.1, -0.05) is 35.3 Å². The highest BCUT2D eigenvalue weighted by Gasteiger charge is 2.20. The number of benzene rings is 2. The molecular weight excluding hydrogens is 457 g/mol. The Morgan fingerprint density at radius 3 is 2.74 bits per heavy atom. The van der Waals surface area contributed by atoms with E-state index in [1.807, 2.05) is 19.1 Å². The number of amides is 1. The molecule has 6 nitrogen and oxygen atoms in total. The molecule has 1 heterocycles. The second kappa shape index (κ2) is 10.4. The Morgan fingerprint density at radius 2 is 2.03 bits per heavy atom. The Bertz CT molecular complexity index is 1160. The lowest BCUT2D eigenvalue weighted by molar-refractivity contribution is -0.121. The largest absolute Gasteiger partial charge is 0.451 e. The van der Waals surface area contributed by atoms with E-state index in [2.05, 4.69) is 4.98 Å². The van der Waals surface area contributed by atoms with Gasteiger partial charge in [0.2, 0.25) is 0 Å². The van der Waals surface area contributed by atoms with E-state index in [9.17, 15) is 9.59 Å². The summed E-state index contributed by atoms with van der Waals surface area (Å²) in [6.07, 6.45) is 0.135. The third-order valence-corrected chi connectivity index (χ3v) is 5.86. The summed E-state index contributed by atoms with van der Waals surface area (Å²) in [6, 6.07) is 14.3. The molecule has 158 valence electrons.